The first-order valence-electron chi connectivity index (χ1n) is 23.1. The van der Waals surface area contributed by atoms with Gasteiger partial charge in [-0.3, -0.25) is 9.36 Å². The van der Waals surface area contributed by atoms with Gasteiger partial charge < -0.3 is 42.8 Å². The van der Waals surface area contributed by atoms with Crippen LogP contribution in [-0.2, 0) is 33.6 Å². The van der Waals surface area contributed by atoms with Crippen LogP contribution in [0.4, 0.5) is 5.82 Å². The molecule has 4 aromatic carbocycles. The Morgan fingerprint density at radius 1 is 0.897 bits per heavy atom. The highest BCUT2D eigenvalue weighted by Gasteiger charge is 2.60. The molecular weight excluding hydrogens is 886 g/mol. The Balaban J connectivity index is 1.37. The van der Waals surface area contributed by atoms with Gasteiger partial charge in [-0.2, -0.15) is 10.2 Å². The van der Waals surface area contributed by atoms with E-state index in [9.17, 15) is 14.9 Å². The first-order chi connectivity index (χ1) is 32.9. The van der Waals surface area contributed by atoms with Crippen LogP contribution >= 0.6 is 8.53 Å². The van der Waals surface area contributed by atoms with E-state index in [1.165, 1.54) is 10.8 Å². The predicted octanol–water partition coefficient (Wildman–Crippen LogP) is 9.38. The van der Waals surface area contributed by atoms with Gasteiger partial charge in [0.15, 0.2) is 12.5 Å². The summed E-state index contributed by atoms with van der Waals surface area (Å²) in [6.07, 6.45) is 0.247. The number of hydrogen-bond acceptors (Lipinski definition) is 13. The topological polar surface area (TPSA) is 165 Å². The van der Waals surface area contributed by atoms with Crippen LogP contribution < -0.4 is 20.5 Å². The van der Waals surface area contributed by atoms with Gasteiger partial charge in [0.2, 0.25) is 0 Å². The smallest absolute Gasteiger partial charge is 0.351 e. The lowest BCUT2D eigenvalue weighted by atomic mass is 9.80. The molecule has 0 aliphatic carbocycles. The second kappa shape index (κ2) is 23.2. The summed E-state index contributed by atoms with van der Waals surface area (Å²) < 4.78 is 56.5. The number of nitrogens with one attached hydrogen (secondary N) is 1. The lowest BCUT2D eigenvalue weighted by Gasteiger charge is -2.43. The highest BCUT2D eigenvalue weighted by Crippen LogP contribution is 2.54. The Labute approximate surface area is 400 Å². The fraction of sp³-hybridized carbons (Fsp3) is 0.423. The lowest BCUT2D eigenvalue weighted by molar-refractivity contribution is -0.255. The normalized spacial score (nSPS) is 21.1. The van der Waals surface area contributed by atoms with E-state index in [1.807, 2.05) is 91.9 Å². The lowest BCUT2D eigenvalue weighted by Crippen LogP contribution is -2.52. The Morgan fingerprint density at radius 2 is 1.50 bits per heavy atom. The van der Waals surface area contributed by atoms with Crippen molar-refractivity contribution in [1.29, 1.82) is 5.26 Å². The van der Waals surface area contributed by atoms with Gasteiger partial charge in [-0.25, -0.2) is 9.46 Å². The molecule has 2 aliphatic rings. The number of rotatable bonds is 21. The van der Waals surface area contributed by atoms with E-state index < -0.39 is 56.1 Å². The van der Waals surface area contributed by atoms with Gasteiger partial charge in [-0.05, 0) is 113 Å². The molecule has 5 aromatic rings. The molecule has 1 amide bonds. The molecule has 1 N–H and O–H groups in total. The zero-order valence-corrected chi connectivity index (χ0v) is 40.7. The number of anilines is 1. The number of nitrogens with zero attached hydrogens (tertiary/aromatic N) is 4. The second-order valence-electron chi connectivity index (χ2n) is 17.3. The second-order valence-corrected chi connectivity index (χ2v) is 18.7. The van der Waals surface area contributed by atoms with Crippen molar-refractivity contribution in [2.45, 2.75) is 108 Å². The summed E-state index contributed by atoms with van der Waals surface area (Å²) in [7, 11) is 1.35. The maximum Gasteiger partial charge on any atom is 0.351 e. The van der Waals surface area contributed by atoms with Crippen molar-refractivity contribution in [2.75, 3.05) is 39.4 Å². The van der Waals surface area contributed by atoms with E-state index in [0.29, 0.717) is 30.1 Å². The molecule has 2 saturated heterocycles. The largest absolute Gasteiger partial charge is 0.497 e. The van der Waals surface area contributed by atoms with Crippen LogP contribution in [0.3, 0.4) is 0 Å². The maximum atomic E-state index is 14.4. The minimum Gasteiger partial charge on any atom is -0.497 e. The van der Waals surface area contributed by atoms with E-state index in [4.69, 9.17) is 37.5 Å². The molecule has 1 aromatic heterocycles. The standard InChI is InChI=1S/C52H62N5O10P/c1-36(2)57(37(3)4)68(64-34-16-31-53)67-47-44(35-63-52(39-19-12-9-13-20-39,40-22-26-42(60-6)27-23-40)41-24-28-43(61-7)29-25-41)65-49(51(47,5)66-46-21-14-15-33-62-46)56-32-30-45(55-50(56)59)54-48(58)38-17-10-8-11-18-38/h8-13,17-20,22-30,32,36-37,44,46-47,49H,14-16,21,33-35H2,1-7H3,(H,54,55,58,59)/t44-,46?,47-,49-,51-,68?/m1/s1. The molecule has 68 heavy (non-hydrogen) atoms. The SMILES string of the molecule is COc1ccc(C(OC[C@H]2O[C@@H](n3ccc(NC(=O)c4ccccc4)nc3=O)[C@](C)(OC3CCCCO3)[C@@H]2OP(OCCC#N)N(C(C)C)C(C)C)(c2ccccc2)c2ccc(OC)cc2)cc1. The summed E-state index contributed by atoms with van der Waals surface area (Å²) in [4.78, 5) is 31.9. The van der Waals surface area contributed by atoms with E-state index in [-0.39, 0.29) is 37.5 Å². The number of nitriles is 1. The van der Waals surface area contributed by atoms with Gasteiger partial charge in [0.1, 0.15) is 40.7 Å². The fourth-order valence-corrected chi connectivity index (χ4v) is 10.7. The van der Waals surface area contributed by atoms with Crippen LogP contribution in [0.2, 0.25) is 0 Å². The molecule has 7 rings (SSSR count). The van der Waals surface area contributed by atoms with Crippen LogP contribution in [-0.4, -0.2) is 90.4 Å². The molecule has 0 radical (unpaired) electrons. The molecule has 0 saturated carbocycles. The Bertz CT molecular complexity index is 2430. The summed E-state index contributed by atoms with van der Waals surface area (Å²) in [5.41, 5.74) is -0.564. The zero-order valence-electron chi connectivity index (χ0n) is 39.8. The van der Waals surface area contributed by atoms with Crippen molar-refractivity contribution in [3.05, 3.63) is 154 Å². The molecule has 6 atom stereocenters. The summed E-state index contributed by atoms with van der Waals surface area (Å²) >= 11 is 0. The molecule has 2 fully saturated rings. The van der Waals surface area contributed by atoms with Crippen LogP contribution in [0.1, 0.15) is 93.6 Å². The molecule has 15 nitrogen and oxygen atoms in total. The van der Waals surface area contributed by atoms with Crippen molar-refractivity contribution in [2.24, 2.45) is 0 Å². The third-order valence-electron chi connectivity index (χ3n) is 12.1. The number of carbonyl (C=O) groups is 1. The minimum atomic E-state index is -1.90. The quantitative estimate of drug-likeness (QED) is 0.0421. The van der Waals surface area contributed by atoms with Crippen LogP contribution in [0.25, 0.3) is 0 Å². The molecule has 360 valence electrons. The van der Waals surface area contributed by atoms with Gasteiger partial charge in [0.05, 0.1) is 39.9 Å². The molecule has 3 heterocycles. The minimum absolute atomic E-state index is 0.0359. The average molecular weight is 948 g/mol. The summed E-state index contributed by atoms with van der Waals surface area (Å²) in [6, 6.07) is 37.8. The van der Waals surface area contributed by atoms with Gasteiger partial charge >= 0.3 is 5.69 Å². The molecule has 0 bridgehead atoms. The van der Waals surface area contributed by atoms with Gasteiger partial charge in [-0.1, -0.05) is 72.8 Å². The number of aromatic nitrogens is 2. The van der Waals surface area contributed by atoms with Crippen LogP contribution in [0.15, 0.2) is 126 Å². The van der Waals surface area contributed by atoms with Crippen molar-refractivity contribution in [1.82, 2.24) is 14.2 Å². The maximum absolute atomic E-state index is 14.4. The number of methoxy groups -OCH3 is 2. The number of benzene rings is 4. The summed E-state index contributed by atoms with van der Waals surface area (Å²) in [6.45, 7) is 10.6. The van der Waals surface area contributed by atoms with Gasteiger partial charge in [0.25, 0.3) is 14.4 Å². The van der Waals surface area contributed by atoms with Crippen LogP contribution in [0, 0.1) is 11.3 Å². The summed E-state index contributed by atoms with van der Waals surface area (Å²) in [5, 5.41) is 12.3. The molecule has 16 heteroatoms. The third-order valence-corrected chi connectivity index (χ3v) is 14.2. The monoisotopic (exact) mass is 947 g/mol. The Kier molecular flexibility index (Phi) is 17.2. The molecule has 2 unspecified atom stereocenters. The number of hydrogen-bond donors (Lipinski definition) is 1. The highest BCUT2D eigenvalue weighted by molar-refractivity contribution is 7.44. The van der Waals surface area contributed by atoms with Crippen LogP contribution in [0.5, 0.6) is 11.5 Å². The van der Waals surface area contributed by atoms with Crippen molar-refractivity contribution in [3.8, 4) is 17.6 Å². The number of amides is 1. The first kappa shape index (κ1) is 50.3. The Morgan fingerprint density at radius 3 is 2.04 bits per heavy atom. The van der Waals surface area contributed by atoms with E-state index >= 15 is 0 Å². The van der Waals surface area contributed by atoms with Gasteiger partial charge in [0, 0.05) is 30.5 Å². The Hall–Kier alpha value is -5.53. The number of ether oxygens (including phenoxy) is 6. The van der Waals surface area contributed by atoms with Crippen molar-refractivity contribution < 1.29 is 42.3 Å². The van der Waals surface area contributed by atoms with Crippen molar-refractivity contribution in [3.63, 3.8) is 0 Å². The van der Waals surface area contributed by atoms with E-state index in [2.05, 4.69) is 48.7 Å². The first-order valence-corrected chi connectivity index (χ1v) is 24.2. The zero-order chi connectivity index (χ0) is 48.3. The number of carbonyl (C=O) groups excluding carboxylic acids is 1. The molecule has 0 spiro atoms. The fourth-order valence-electron chi connectivity index (χ4n) is 8.85. The van der Waals surface area contributed by atoms with Crippen molar-refractivity contribution >= 4 is 20.3 Å². The molecular formula is C52H62N5O10P. The van der Waals surface area contributed by atoms with E-state index in [1.54, 1.807) is 44.6 Å². The van der Waals surface area contributed by atoms with Gasteiger partial charge in [-0.15, -0.1) is 0 Å². The summed E-state index contributed by atoms with van der Waals surface area (Å²) in [5.74, 6) is 0.997. The highest BCUT2D eigenvalue weighted by atomic mass is 31.2. The van der Waals surface area contributed by atoms with E-state index in [0.717, 1.165) is 29.5 Å². The third kappa shape index (κ3) is 11.3. The predicted molar refractivity (Wildman–Crippen MR) is 258 cm³/mol. The molecule has 2 aliphatic heterocycles. The average Bonchev–Trinajstić information content (AvgIpc) is 3.61.